The van der Waals surface area contributed by atoms with Crippen molar-refractivity contribution < 1.29 is 9.32 Å². The lowest BCUT2D eigenvalue weighted by atomic mass is 10.1. The molecule has 0 fully saturated rings. The van der Waals surface area contributed by atoms with E-state index in [0.717, 1.165) is 16.7 Å². The second kappa shape index (κ2) is 3.69. The first-order valence-electron chi connectivity index (χ1n) is 4.69. The minimum Gasteiger partial charge on any atom is -0.356 e. The molecule has 1 aromatic heterocycles. The van der Waals surface area contributed by atoms with Gasteiger partial charge in [0.25, 0.3) is 0 Å². The van der Waals surface area contributed by atoms with Crippen LogP contribution in [0.25, 0.3) is 11.3 Å². The van der Waals surface area contributed by atoms with E-state index in [2.05, 4.69) is 11.2 Å². The Balaban J connectivity index is 2.48. The average Bonchev–Trinajstić information content (AvgIpc) is 2.64. The van der Waals surface area contributed by atoms with Crippen LogP contribution in [-0.4, -0.2) is 11.4 Å². The molecule has 0 aliphatic rings. The van der Waals surface area contributed by atoms with Crippen LogP contribution < -0.4 is 0 Å². The molecule has 3 nitrogen and oxygen atoms in total. The second-order valence-electron chi connectivity index (χ2n) is 3.61. The number of carbonyl (C=O) groups is 1. The number of aromatic nitrogens is 1. The fourth-order valence-corrected chi connectivity index (χ4v) is 1.60. The van der Waals surface area contributed by atoms with Crippen molar-refractivity contribution in [2.45, 2.75) is 13.8 Å². The van der Waals surface area contributed by atoms with E-state index in [1.54, 1.807) is 6.07 Å². The molecule has 2 rings (SSSR count). The summed E-state index contributed by atoms with van der Waals surface area (Å²) in [5, 5.41) is 3.63. The molecule has 1 heterocycles. The van der Waals surface area contributed by atoms with E-state index in [9.17, 15) is 4.79 Å². The Bertz CT molecular complexity index is 480. The first-order valence-corrected chi connectivity index (χ1v) is 4.69. The van der Waals surface area contributed by atoms with Crippen LogP contribution in [0.1, 0.15) is 21.6 Å². The Morgan fingerprint density at radius 1 is 1.13 bits per heavy atom. The van der Waals surface area contributed by atoms with E-state index in [1.807, 2.05) is 26.0 Å². The van der Waals surface area contributed by atoms with Gasteiger partial charge in [0.2, 0.25) is 0 Å². The fourth-order valence-electron chi connectivity index (χ4n) is 1.60. The van der Waals surface area contributed by atoms with Crippen LogP contribution in [-0.2, 0) is 0 Å². The Labute approximate surface area is 87.7 Å². The maximum absolute atomic E-state index is 10.5. The number of hydrogen-bond acceptors (Lipinski definition) is 3. The number of benzene rings is 1. The van der Waals surface area contributed by atoms with Gasteiger partial charge in [0.05, 0.1) is 0 Å². The van der Waals surface area contributed by atoms with Crippen LogP contribution >= 0.6 is 0 Å². The molecule has 15 heavy (non-hydrogen) atoms. The van der Waals surface area contributed by atoms with Crippen LogP contribution in [0.15, 0.2) is 28.8 Å². The van der Waals surface area contributed by atoms with Crippen LogP contribution in [0, 0.1) is 13.8 Å². The molecule has 0 atom stereocenters. The molecule has 2 aromatic rings. The SMILES string of the molecule is Cc1cc(C)cc(-c2cc(C=O)no2)c1. The van der Waals surface area contributed by atoms with Gasteiger partial charge in [-0.25, -0.2) is 0 Å². The van der Waals surface area contributed by atoms with Gasteiger partial charge >= 0.3 is 0 Å². The standard InChI is InChI=1S/C12H11NO2/c1-8-3-9(2)5-10(4-8)12-6-11(7-14)13-15-12/h3-7H,1-2H3. The number of aldehydes is 1. The molecular weight excluding hydrogens is 190 g/mol. The molecule has 1 aromatic carbocycles. The van der Waals surface area contributed by atoms with E-state index in [0.29, 0.717) is 17.7 Å². The topological polar surface area (TPSA) is 43.1 Å². The lowest BCUT2D eigenvalue weighted by Crippen LogP contribution is -1.80. The molecule has 0 radical (unpaired) electrons. The number of rotatable bonds is 2. The molecule has 0 amide bonds. The third-order valence-corrected chi connectivity index (χ3v) is 2.16. The van der Waals surface area contributed by atoms with Crippen molar-refractivity contribution in [2.24, 2.45) is 0 Å². The largest absolute Gasteiger partial charge is 0.356 e. The van der Waals surface area contributed by atoms with Gasteiger partial charge in [0.1, 0.15) is 5.69 Å². The van der Waals surface area contributed by atoms with Crippen LogP contribution in [0.3, 0.4) is 0 Å². The Hall–Kier alpha value is -1.90. The van der Waals surface area contributed by atoms with E-state index >= 15 is 0 Å². The predicted molar refractivity (Wildman–Crippen MR) is 56.8 cm³/mol. The van der Waals surface area contributed by atoms with Crippen molar-refractivity contribution >= 4 is 6.29 Å². The van der Waals surface area contributed by atoms with Crippen LogP contribution in [0.4, 0.5) is 0 Å². The van der Waals surface area contributed by atoms with Crippen molar-refractivity contribution in [1.29, 1.82) is 0 Å². The molecule has 0 aliphatic carbocycles. The van der Waals surface area contributed by atoms with Gasteiger partial charge in [-0.15, -0.1) is 0 Å². The number of hydrogen-bond donors (Lipinski definition) is 0. The van der Waals surface area contributed by atoms with Crippen molar-refractivity contribution in [1.82, 2.24) is 5.16 Å². The van der Waals surface area contributed by atoms with Crippen LogP contribution in [0.5, 0.6) is 0 Å². The number of nitrogens with zero attached hydrogens (tertiary/aromatic N) is 1. The minimum atomic E-state index is 0.323. The third kappa shape index (κ3) is 1.96. The molecule has 0 saturated heterocycles. The van der Waals surface area contributed by atoms with Crippen molar-refractivity contribution in [3.63, 3.8) is 0 Å². The molecule has 0 unspecified atom stereocenters. The summed E-state index contributed by atoms with van der Waals surface area (Å²) >= 11 is 0. The molecule has 0 saturated carbocycles. The second-order valence-corrected chi connectivity index (χ2v) is 3.61. The Morgan fingerprint density at radius 3 is 2.33 bits per heavy atom. The lowest BCUT2D eigenvalue weighted by molar-refractivity contribution is 0.111. The third-order valence-electron chi connectivity index (χ3n) is 2.16. The highest BCUT2D eigenvalue weighted by Crippen LogP contribution is 2.22. The summed E-state index contributed by atoms with van der Waals surface area (Å²) in [6.45, 7) is 4.04. The van der Waals surface area contributed by atoms with Crippen molar-refractivity contribution in [3.8, 4) is 11.3 Å². The molecular formula is C12H11NO2. The summed E-state index contributed by atoms with van der Waals surface area (Å²) in [5.74, 6) is 0.629. The van der Waals surface area contributed by atoms with Crippen molar-refractivity contribution in [3.05, 3.63) is 41.1 Å². The average molecular weight is 201 g/mol. The van der Waals surface area contributed by atoms with Gasteiger partial charge in [0, 0.05) is 11.6 Å². The highest BCUT2D eigenvalue weighted by atomic mass is 16.5. The lowest BCUT2D eigenvalue weighted by Gasteiger charge is -2.00. The van der Waals surface area contributed by atoms with Gasteiger partial charge < -0.3 is 4.52 Å². The molecule has 0 N–H and O–H groups in total. The summed E-state index contributed by atoms with van der Waals surface area (Å²) in [6, 6.07) is 7.73. The van der Waals surface area contributed by atoms with Gasteiger partial charge in [0.15, 0.2) is 12.0 Å². The zero-order chi connectivity index (χ0) is 10.8. The van der Waals surface area contributed by atoms with E-state index < -0.39 is 0 Å². The first kappa shape index (κ1) is 9.65. The molecule has 3 heteroatoms. The molecule has 76 valence electrons. The Morgan fingerprint density at radius 2 is 1.80 bits per heavy atom. The maximum Gasteiger partial charge on any atom is 0.171 e. The summed E-state index contributed by atoms with van der Waals surface area (Å²) in [5.41, 5.74) is 3.60. The maximum atomic E-state index is 10.5. The Kier molecular flexibility index (Phi) is 2.37. The van der Waals surface area contributed by atoms with Gasteiger partial charge in [-0.05, 0) is 26.0 Å². The zero-order valence-corrected chi connectivity index (χ0v) is 8.65. The summed E-state index contributed by atoms with van der Waals surface area (Å²) < 4.78 is 5.07. The number of carbonyl (C=O) groups excluding carboxylic acids is 1. The molecule has 0 bridgehead atoms. The smallest absolute Gasteiger partial charge is 0.171 e. The van der Waals surface area contributed by atoms with Gasteiger partial charge in [-0.3, -0.25) is 4.79 Å². The number of aryl methyl sites for hydroxylation is 2. The summed E-state index contributed by atoms with van der Waals surface area (Å²) in [7, 11) is 0. The van der Waals surface area contributed by atoms with Crippen LogP contribution in [0.2, 0.25) is 0 Å². The monoisotopic (exact) mass is 201 g/mol. The fraction of sp³-hybridized carbons (Fsp3) is 0.167. The van der Waals surface area contributed by atoms with Gasteiger partial charge in [-0.2, -0.15) is 0 Å². The van der Waals surface area contributed by atoms with E-state index in [4.69, 9.17) is 4.52 Å². The quantitative estimate of drug-likeness (QED) is 0.701. The predicted octanol–water partition coefficient (Wildman–Crippen LogP) is 2.77. The molecule has 0 aliphatic heterocycles. The highest BCUT2D eigenvalue weighted by Gasteiger charge is 2.06. The van der Waals surface area contributed by atoms with Gasteiger partial charge in [-0.1, -0.05) is 22.3 Å². The summed E-state index contributed by atoms with van der Waals surface area (Å²) in [6.07, 6.45) is 0.676. The molecule has 0 spiro atoms. The highest BCUT2D eigenvalue weighted by molar-refractivity contribution is 5.74. The zero-order valence-electron chi connectivity index (χ0n) is 8.65. The first-order chi connectivity index (χ1) is 7.19. The summed E-state index contributed by atoms with van der Waals surface area (Å²) in [4.78, 5) is 10.5. The van der Waals surface area contributed by atoms with Crippen molar-refractivity contribution in [2.75, 3.05) is 0 Å². The minimum absolute atomic E-state index is 0.323. The normalized spacial score (nSPS) is 10.3. The van der Waals surface area contributed by atoms with E-state index in [-0.39, 0.29) is 0 Å². The van der Waals surface area contributed by atoms with E-state index in [1.165, 1.54) is 0 Å².